The molecular weight excluding hydrogens is 370 g/mol. The standard InChI is InChI=1S/C14H11BrF2N6/c15-8-3-7-4-9(5-10(7)18-6-8)19-11-1-2-12-20-21-14(13(16)17)23(12)22-11/h1-3,6,9,13H,4-5H2,(H,19,22). The highest BCUT2D eigenvalue weighted by atomic mass is 79.9. The lowest BCUT2D eigenvalue weighted by atomic mass is 10.2. The lowest BCUT2D eigenvalue weighted by molar-refractivity contribution is 0.137. The fourth-order valence-corrected chi connectivity index (χ4v) is 3.15. The molecule has 6 nitrogen and oxygen atoms in total. The molecule has 0 saturated heterocycles. The number of hydrogen-bond donors (Lipinski definition) is 1. The Kier molecular flexibility index (Phi) is 3.44. The van der Waals surface area contributed by atoms with E-state index in [1.165, 1.54) is 5.56 Å². The SMILES string of the molecule is FC(F)c1nnc2ccc(NC3Cc4cc(Br)cnc4C3)nn12. The van der Waals surface area contributed by atoms with Crippen LogP contribution < -0.4 is 5.32 Å². The van der Waals surface area contributed by atoms with E-state index in [1.807, 2.05) is 0 Å². The van der Waals surface area contributed by atoms with Crippen LogP contribution >= 0.6 is 15.9 Å². The number of aromatic nitrogens is 5. The van der Waals surface area contributed by atoms with E-state index >= 15 is 0 Å². The second-order valence-electron chi connectivity index (χ2n) is 5.36. The van der Waals surface area contributed by atoms with E-state index in [-0.39, 0.29) is 6.04 Å². The third kappa shape index (κ3) is 2.65. The summed E-state index contributed by atoms with van der Waals surface area (Å²) < 4.78 is 27.8. The van der Waals surface area contributed by atoms with Gasteiger partial charge in [-0.25, -0.2) is 8.78 Å². The highest BCUT2D eigenvalue weighted by Crippen LogP contribution is 2.25. The van der Waals surface area contributed by atoms with Gasteiger partial charge in [-0.05, 0) is 46.1 Å². The lowest BCUT2D eigenvalue weighted by Gasteiger charge is -2.12. The van der Waals surface area contributed by atoms with Crippen molar-refractivity contribution in [1.82, 2.24) is 24.8 Å². The Balaban J connectivity index is 1.58. The highest BCUT2D eigenvalue weighted by molar-refractivity contribution is 9.10. The number of fused-ring (bicyclic) bond motifs is 2. The van der Waals surface area contributed by atoms with Crippen molar-refractivity contribution in [3.8, 4) is 0 Å². The maximum atomic E-state index is 12.9. The smallest absolute Gasteiger partial charge is 0.299 e. The molecule has 3 aromatic rings. The van der Waals surface area contributed by atoms with Crippen LogP contribution in [-0.2, 0) is 12.8 Å². The minimum absolute atomic E-state index is 0.128. The molecule has 1 atom stereocenters. The molecular formula is C14H11BrF2N6. The topological polar surface area (TPSA) is 68.0 Å². The number of anilines is 1. The van der Waals surface area contributed by atoms with Crippen LogP contribution in [-0.4, -0.2) is 30.8 Å². The first-order valence-corrected chi connectivity index (χ1v) is 7.80. The van der Waals surface area contributed by atoms with Gasteiger partial charge in [-0.15, -0.1) is 15.3 Å². The molecule has 1 N–H and O–H groups in total. The Labute approximate surface area is 138 Å². The monoisotopic (exact) mass is 380 g/mol. The number of rotatable bonds is 3. The predicted octanol–water partition coefficient (Wildman–Crippen LogP) is 2.80. The Bertz CT molecular complexity index is 881. The number of hydrogen-bond acceptors (Lipinski definition) is 5. The molecule has 23 heavy (non-hydrogen) atoms. The van der Waals surface area contributed by atoms with Crippen molar-refractivity contribution in [2.75, 3.05) is 5.32 Å². The largest absolute Gasteiger partial charge is 0.365 e. The van der Waals surface area contributed by atoms with Gasteiger partial charge in [0.1, 0.15) is 5.82 Å². The molecule has 0 aliphatic heterocycles. The maximum Gasteiger partial charge on any atom is 0.299 e. The fourth-order valence-electron chi connectivity index (χ4n) is 2.77. The number of pyridine rings is 1. The van der Waals surface area contributed by atoms with E-state index in [4.69, 9.17) is 0 Å². The molecule has 0 saturated carbocycles. The van der Waals surface area contributed by atoms with Gasteiger partial charge in [0.25, 0.3) is 6.43 Å². The average Bonchev–Trinajstić information content (AvgIpc) is 3.09. The first-order chi connectivity index (χ1) is 11.1. The highest BCUT2D eigenvalue weighted by Gasteiger charge is 2.23. The van der Waals surface area contributed by atoms with Gasteiger partial charge >= 0.3 is 0 Å². The van der Waals surface area contributed by atoms with Crippen molar-refractivity contribution in [1.29, 1.82) is 0 Å². The van der Waals surface area contributed by atoms with E-state index in [2.05, 4.69) is 47.6 Å². The third-order valence-electron chi connectivity index (χ3n) is 3.77. The van der Waals surface area contributed by atoms with Crippen molar-refractivity contribution in [2.45, 2.75) is 25.3 Å². The Morgan fingerprint density at radius 2 is 2.13 bits per heavy atom. The molecule has 0 aromatic carbocycles. The molecule has 3 aromatic heterocycles. The summed E-state index contributed by atoms with van der Waals surface area (Å²) in [7, 11) is 0. The second kappa shape index (κ2) is 5.48. The van der Waals surface area contributed by atoms with Crippen molar-refractivity contribution in [3.63, 3.8) is 0 Å². The van der Waals surface area contributed by atoms with Gasteiger partial charge in [0, 0.05) is 28.8 Å². The van der Waals surface area contributed by atoms with E-state index < -0.39 is 12.2 Å². The van der Waals surface area contributed by atoms with E-state index in [9.17, 15) is 8.78 Å². The van der Waals surface area contributed by atoms with Crippen LogP contribution in [0.15, 0.2) is 28.9 Å². The summed E-state index contributed by atoms with van der Waals surface area (Å²) in [6, 6.07) is 5.51. The first kappa shape index (κ1) is 14.4. The van der Waals surface area contributed by atoms with Gasteiger partial charge < -0.3 is 5.32 Å². The van der Waals surface area contributed by atoms with Gasteiger partial charge in [-0.3, -0.25) is 4.98 Å². The minimum atomic E-state index is -2.72. The zero-order valence-corrected chi connectivity index (χ0v) is 13.3. The first-order valence-electron chi connectivity index (χ1n) is 7.00. The van der Waals surface area contributed by atoms with Crippen LogP contribution in [0, 0.1) is 0 Å². The molecule has 0 fully saturated rings. The third-order valence-corrected chi connectivity index (χ3v) is 4.20. The van der Waals surface area contributed by atoms with Crippen LogP contribution in [0.2, 0.25) is 0 Å². The summed E-state index contributed by atoms with van der Waals surface area (Å²) in [4.78, 5) is 4.40. The normalized spacial score (nSPS) is 17.0. The molecule has 4 rings (SSSR count). The number of halogens is 3. The fraction of sp³-hybridized carbons (Fsp3) is 0.286. The van der Waals surface area contributed by atoms with Gasteiger partial charge in [0.2, 0.25) is 5.82 Å². The van der Waals surface area contributed by atoms with Crippen molar-refractivity contribution in [2.24, 2.45) is 0 Å². The summed E-state index contributed by atoms with van der Waals surface area (Å²) in [6.45, 7) is 0. The van der Waals surface area contributed by atoms with E-state index in [0.717, 1.165) is 27.5 Å². The quantitative estimate of drug-likeness (QED) is 0.756. The molecule has 1 aliphatic carbocycles. The van der Waals surface area contributed by atoms with E-state index in [1.54, 1.807) is 18.3 Å². The van der Waals surface area contributed by atoms with Crippen molar-refractivity contribution >= 4 is 27.4 Å². The van der Waals surface area contributed by atoms with Crippen LogP contribution in [0.4, 0.5) is 14.6 Å². The zero-order chi connectivity index (χ0) is 16.0. The predicted molar refractivity (Wildman–Crippen MR) is 82.5 cm³/mol. The second-order valence-corrected chi connectivity index (χ2v) is 6.27. The number of alkyl halides is 2. The average molecular weight is 381 g/mol. The molecule has 118 valence electrons. The van der Waals surface area contributed by atoms with E-state index in [0.29, 0.717) is 11.5 Å². The molecule has 1 unspecified atom stereocenters. The lowest BCUT2D eigenvalue weighted by Crippen LogP contribution is -2.21. The van der Waals surface area contributed by atoms with Gasteiger partial charge in [-0.1, -0.05) is 0 Å². The van der Waals surface area contributed by atoms with Crippen molar-refractivity contribution < 1.29 is 8.78 Å². The van der Waals surface area contributed by atoms with Gasteiger partial charge in [0.05, 0.1) is 0 Å². The molecule has 0 radical (unpaired) electrons. The number of nitrogens with zero attached hydrogens (tertiary/aromatic N) is 5. The molecule has 1 aliphatic rings. The summed E-state index contributed by atoms with van der Waals surface area (Å²) in [5, 5.41) is 14.6. The van der Waals surface area contributed by atoms with Gasteiger partial charge in [0.15, 0.2) is 5.65 Å². The molecule has 0 amide bonds. The zero-order valence-electron chi connectivity index (χ0n) is 11.7. The van der Waals surface area contributed by atoms with Crippen LogP contribution in [0.1, 0.15) is 23.5 Å². The summed E-state index contributed by atoms with van der Waals surface area (Å²) in [6.07, 6.45) is 0.639. The molecule has 0 spiro atoms. The molecule has 0 bridgehead atoms. The van der Waals surface area contributed by atoms with Gasteiger partial charge in [-0.2, -0.15) is 4.52 Å². The molecule has 3 heterocycles. The number of nitrogens with one attached hydrogen (secondary N) is 1. The Morgan fingerprint density at radius 1 is 1.26 bits per heavy atom. The van der Waals surface area contributed by atoms with Crippen LogP contribution in [0.5, 0.6) is 0 Å². The minimum Gasteiger partial charge on any atom is -0.365 e. The maximum absolute atomic E-state index is 12.9. The Morgan fingerprint density at radius 3 is 2.96 bits per heavy atom. The van der Waals surface area contributed by atoms with Crippen LogP contribution in [0.25, 0.3) is 5.65 Å². The Hall–Kier alpha value is -2.16. The summed E-state index contributed by atoms with van der Waals surface area (Å²) >= 11 is 3.41. The van der Waals surface area contributed by atoms with Crippen molar-refractivity contribution in [3.05, 3.63) is 46.0 Å². The van der Waals surface area contributed by atoms with Crippen LogP contribution in [0.3, 0.4) is 0 Å². The summed E-state index contributed by atoms with van der Waals surface area (Å²) in [5.41, 5.74) is 2.52. The summed E-state index contributed by atoms with van der Waals surface area (Å²) in [5.74, 6) is 0.0556. The molecule has 9 heteroatoms.